The Morgan fingerprint density at radius 2 is 1.91 bits per heavy atom. The Bertz CT molecular complexity index is 1030. The molecule has 0 fully saturated rings. The average Bonchev–Trinajstić information content (AvgIpc) is 3.23. The minimum Gasteiger partial charge on any atom is -0.426 e. The van der Waals surface area contributed by atoms with E-state index in [1.54, 1.807) is 24.0 Å². The molecule has 2 heterocycles. The van der Waals surface area contributed by atoms with Crippen molar-refractivity contribution < 1.29 is 19.6 Å². The molecule has 2 aromatic heterocycles. The minimum atomic E-state index is -1.74. The molecule has 0 spiro atoms. The van der Waals surface area contributed by atoms with Crippen LogP contribution in [-0.4, -0.2) is 60.7 Å². The van der Waals surface area contributed by atoms with Gasteiger partial charge in [-0.05, 0) is 30.9 Å². The van der Waals surface area contributed by atoms with Gasteiger partial charge in [-0.15, -0.1) is 0 Å². The number of amides is 2. The molecule has 0 saturated carbocycles. The van der Waals surface area contributed by atoms with E-state index in [0.29, 0.717) is 18.5 Å². The summed E-state index contributed by atoms with van der Waals surface area (Å²) in [7, 11) is 0.0117. The van der Waals surface area contributed by atoms with Crippen LogP contribution in [0.5, 0.6) is 0 Å². The van der Waals surface area contributed by atoms with E-state index in [2.05, 4.69) is 25.7 Å². The number of carbonyl (C=O) groups is 2. The Balaban J connectivity index is 1.66. The molecule has 0 aliphatic heterocycles. The number of aryl methyl sites for hydroxylation is 2. The lowest BCUT2D eigenvalue weighted by Crippen LogP contribution is -2.54. The predicted octanol–water partition coefficient (Wildman–Crippen LogP) is 0.0709. The predicted molar refractivity (Wildman–Crippen MR) is 122 cm³/mol. The van der Waals surface area contributed by atoms with Gasteiger partial charge in [-0.2, -0.15) is 5.10 Å². The summed E-state index contributed by atoms with van der Waals surface area (Å²) in [5.74, 6) is -2.00. The fourth-order valence-corrected chi connectivity index (χ4v) is 3.39. The first-order valence-corrected chi connectivity index (χ1v) is 10.7. The maximum atomic E-state index is 13.1. The summed E-state index contributed by atoms with van der Waals surface area (Å²) < 4.78 is 1.60. The molecule has 11 heteroatoms. The van der Waals surface area contributed by atoms with Crippen molar-refractivity contribution in [2.75, 3.05) is 0 Å². The van der Waals surface area contributed by atoms with E-state index in [-0.39, 0.29) is 12.1 Å². The summed E-state index contributed by atoms with van der Waals surface area (Å²) >= 11 is 0. The summed E-state index contributed by atoms with van der Waals surface area (Å²) in [6.45, 7) is 0. The third kappa shape index (κ3) is 7.51. The highest BCUT2D eigenvalue weighted by molar-refractivity contribution is 6.43. The van der Waals surface area contributed by atoms with Gasteiger partial charge < -0.3 is 20.7 Å². The van der Waals surface area contributed by atoms with Gasteiger partial charge in [0.05, 0.1) is 17.8 Å². The highest BCUT2D eigenvalue weighted by Crippen LogP contribution is 2.09. The molecular weight excluding hydrogens is 423 g/mol. The number of nitrogens with zero attached hydrogens (tertiary/aromatic N) is 4. The summed E-state index contributed by atoms with van der Waals surface area (Å²) in [6.07, 6.45) is 7.71. The van der Waals surface area contributed by atoms with Crippen LogP contribution in [0.15, 0.2) is 61.2 Å². The molecule has 33 heavy (non-hydrogen) atoms. The van der Waals surface area contributed by atoms with Crippen molar-refractivity contribution in [1.82, 2.24) is 30.4 Å². The Morgan fingerprint density at radius 1 is 1.12 bits per heavy atom. The molecule has 3 aromatic rings. The van der Waals surface area contributed by atoms with Gasteiger partial charge in [-0.25, -0.2) is 4.98 Å². The van der Waals surface area contributed by atoms with E-state index in [1.807, 2.05) is 30.3 Å². The molecule has 2 atom stereocenters. The molecule has 0 aliphatic rings. The number of nitrogens with one attached hydrogen (secondary N) is 2. The van der Waals surface area contributed by atoms with Gasteiger partial charge in [0.2, 0.25) is 5.91 Å². The van der Waals surface area contributed by atoms with Crippen molar-refractivity contribution >= 4 is 18.9 Å². The summed E-state index contributed by atoms with van der Waals surface area (Å²) in [5.41, 5.74) is 1.79. The molecule has 1 aromatic carbocycles. The van der Waals surface area contributed by atoms with Crippen LogP contribution in [0.2, 0.25) is 0 Å². The maximum Gasteiger partial charge on any atom is 0.475 e. The summed E-state index contributed by atoms with van der Waals surface area (Å²) in [4.78, 5) is 33.5. The smallest absolute Gasteiger partial charge is 0.426 e. The van der Waals surface area contributed by atoms with Crippen molar-refractivity contribution in [2.24, 2.45) is 7.05 Å². The lowest BCUT2D eigenvalue weighted by molar-refractivity contribution is -0.123. The van der Waals surface area contributed by atoms with Crippen LogP contribution in [-0.2, 0) is 24.7 Å². The largest absolute Gasteiger partial charge is 0.475 e. The molecule has 10 nitrogen and oxygen atoms in total. The van der Waals surface area contributed by atoms with Gasteiger partial charge >= 0.3 is 7.12 Å². The average molecular weight is 450 g/mol. The second-order valence-electron chi connectivity index (χ2n) is 7.71. The molecule has 2 amide bonds. The first-order chi connectivity index (χ1) is 15.9. The van der Waals surface area contributed by atoms with E-state index in [4.69, 9.17) is 0 Å². The normalized spacial score (nSPS) is 12.6. The van der Waals surface area contributed by atoms with Crippen LogP contribution < -0.4 is 10.6 Å². The molecule has 1 unspecified atom stereocenters. The lowest BCUT2D eigenvalue weighted by atomic mass is 9.76. The fraction of sp³-hybridized carbons (Fsp3) is 0.318. The van der Waals surface area contributed by atoms with E-state index in [9.17, 15) is 19.6 Å². The second kappa shape index (κ2) is 11.9. The quantitative estimate of drug-likeness (QED) is 0.303. The van der Waals surface area contributed by atoms with E-state index in [0.717, 1.165) is 12.0 Å². The molecular formula is C22H27BN6O4. The number of hydrogen-bond donors (Lipinski definition) is 4. The van der Waals surface area contributed by atoms with Gasteiger partial charge in [0.25, 0.3) is 5.91 Å². The molecule has 0 saturated heterocycles. The molecule has 4 N–H and O–H groups in total. The first-order valence-electron chi connectivity index (χ1n) is 10.7. The van der Waals surface area contributed by atoms with Crippen LogP contribution in [0.1, 0.15) is 34.6 Å². The van der Waals surface area contributed by atoms with Crippen LogP contribution in [0, 0.1) is 0 Å². The third-order valence-corrected chi connectivity index (χ3v) is 5.11. The van der Waals surface area contributed by atoms with Gasteiger partial charge in [0.1, 0.15) is 11.7 Å². The van der Waals surface area contributed by atoms with Crippen LogP contribution >= 0.6 is 0 Å². The monoisotopic (exact) mass is 450 g/mol. The minimum absolute atomic E-state index is 0.0675. The number of benzene rings is 1. The molecule has 0 aliphatic carbocycles. The van der Waals surface area contributed by atoms with Crippen LogP contribution in [0.3, 0.4) is 0 Å². The van der Waals surface area contributed by atoms with Crippen LogP contribution in [0.25, 0.3) is 0 Å². The second-order valence-corrected chi connectivity index (χ2v) is 7.71. The zero-order valence-corrected chi connectivity index (χ0v) is 18.3. The van der Waals surface area contributed by atoms with E-state index in [1.165, 1.54) is 18.6 Å². The zero-order chi connectivity index (χ0) is 23.6. The van der Waals surface area contributed by atoms with E-state index < -0.39 is 30.9 Å². The molecule has 0 bridgehead atoms. The topological polar surface area (TPSA) is 142 Å². The Kier molecular flexibility index (Phi) is 8.67. The number of aromatic nitrogens is 4. The maximum absolute atomic E-state index is 13.1. The lowest BCUT2D eigenvalue weighted by Gasteiger charge is -2.22. The first kappa shape index (κ1) is 24.1. The van der Waals surface area contributed by atoms with Crippen molar-refractivity contribution in [3.63, 3.8) is 0 Å². The van der Waals surface area contributed by atoms with Crippen LogP contribution in [0.4, 0.5) is 0 Å². The van der Waals surface area contributed by atoms with Gasteiger partial charge in [0.15, 0.2) is 0 Å². The van der Waals surface area contributed by atoms with E-state index >= 15 is 0 Å². The van der Waals surface area contributed by atoms with Crippen molar-refractivity contribution in [3.05, 3.63) is 78.1 Å². The van der Waals surface area contributed by atoms with Gasteiger partial charge in [-0.3, -0.25) is 19.3 Å². The highest BCUT2D eigenvalue weighted by Gasteiger charge is 2.30. The molecule has 0 radical (unpaired) electrons. The SMILES string of the molecule is Cn1ccc(CC(NC(=O)c2cnccn2)C(=O)N[C@H](CCCc2ccccc2)B(O)O)n1. The van der Waals surface area contributed by atoms with Gasteiger partial charge in [-0.1, -0.05) is 30.3 Å². The zero-order valence-electron chi connectivity index (χ0n) is 18.3. The number of hydrogen-bond acceptors (Lipinski definition) is 7. The molecule has 3 rings (SSSR count). The summed E-state index contributed by atoms with van der Waals surface area (Å²) in [5, 5.41) is 29.2. The fourth-order valence-electron chi connectivity index (χ4n) is 3.39. The standard InChI is InChI=1S/C22H27BN6O4/c1-29-13-10-17(28-29)14-18(26-22(31)19-15-24-11-12-25-19)21(30)27-20(23(32)33)9-5-8-16-6-3-2-4-7-16/h2-4,6-7,10-13,15,18,20,32-33H,5,8-9,14H2,1H3,(H,26,31)(H,27,30)/t18?,20-/m1/s1. The highest BCUT2D eigenvalue weighted by atomic mass is 16.4. The van der Waals surface area contributed by atoms with Gasteiger partial charge in [0, 0.05) is 32.1 Å². The van der Waals surface area contributed by atoms with Crippen molar-refractivity contribution in [2.45, 2.75) is 37.7 Å². The molecule has 172 valence electrons. The Morgan fingerprint density at radius 3 is 2.55 bits per heavy atom. The Hall–Kier alpha value is -3.57. The third-order valence-electron chi connectivity index (χ3n) is 5.11. The van der Waals surface area contributed by atoms with Crippen molar-refractivity contribution in [3.8, 4) is 0 Å². The number of carbonyl (C=O) groups excluding carboxylic acids is 2. The Labute approximate surface area is 192 Å². The summed E-state index contributed by atoms with van der Waals surface area (Å²) in [6, 6.07) is 10.6. The number of rotatable bonds is 11. The van der Waals surface area contributed by atoms with Crippen molar-refractivity contribution in [1.29, 1.82) is 0 Å².